The molecule has 7 nitrogen and oxygen atoms in total. The van der Waals surface area contributed by atoms with Gasteiger partial charge in [-0.3, -0.25) is 4.79 Å². The van der Waals surface area contributed by atoms with E-state index >= 15 is 0 Å². The first-order chi connectivity index (χ1) is 17.0. The maximum Gasteiger partial charge on any atom is 0.251 e. The Balaban J connectivity index is 1.44. The first-order valence-corrected chi connectivity index (χ1v) is 11.6. The van der Waals surface area contributed by atoms with Crippen molar-refractivity contribution >= 4 is 16.9 Å². The minimum atomic E-state index is -0.174. The number of aryl methyl sites for hydroxylation is 2. The van der Waals surface area contributed by atoms with Crippen molar-refractivity contribution in [2.45, 2.75) is 26.8 Å². The number of methoxy groups -OCH3 is 2. The summed E-state index contributed by atoms with van der Waals surface area (Å²) in [5, 5.41) is 2.98. The molecule has 182 valence electrons. The minimum Gasteiger partial charge on any atom is -0.493 e. The highest BCUT2D eigenvalue weighted by Gasteiger charge is 2.14. The van der Waals surface area contributed by atoms with E-state index in [-0.39, 0.29) is 5.91 Å². The number of nitrogens with one attached hydrogen (secondary N) is 1. The quantitative estimate of drug-likeness (QED) is 0.361. The second kappa shape index (κ2) is 11.0. The van der Waals surface area contributed by atoms with Gasteiger partial charge in [0, 0.05) is 18.5 Å². The second-order valence-corrected chi connectivity index (χ2v) is 8.31. The number of rotatable bonds is 10. The lowest BCUT2D eigenvalue weighted by atomic mass is 10.1. The largest absolute Gasteiger partial charge is 0.493 e. The summed E-state index contributed by atoms with van der Waals surface area (Å²) in [6.07, 6.45) is 0.594. The van der Waals surface area contributed by atoms with Crippen LogP contribution < -0.4 is 19.5 Å². The van der Waals surface area contributed by atoms with Crippen LogP contribution in [-0.2, 0) is 13.0 Å². The highest BCUT2D eigenvalue weighted by Crippen LogP contribution is 2.27. The van der Waals surface area contributed by atoms with E-state index in [4.69, 9.17) is 19.2 Å². The van der Waals surface area contributed by atoms with E-state index in [2.05, 4.69) is 41.9 Å². The molecule has 0 radical (unpaired) electrons. The number of imidazole rings is 1. The van der Waals surface area contributed by atoms with Crippen molar-refractivity contribution in [2.75, 3.05) is 27.4 Å². The number of nitrogens with zero attached hydrogens (tertiary/aromatic N) is 2. The van der Waals surface area contributed by atoms with Crippen molar-refractivity contribution in [3.63, 3.8) is 0 Å². The lowest BCUT2D eigenvalue weighted by Crippen LogP contribution is -2.26. The molecule has 0 saturated heterocycles. The van der Waals surface area contributed by atoms with Gasteiger partial charge in [-0.25, -0.2) is 4.98 Å². The minimum absolute atomic E-state index is 0.174. The van der Waals surface area contributed by atoms with Crippen molar-refractivity contribution in [3.05, 3.63) is 83.2 Å². The number of benzene rings is 3. The van der Waals surface area contributed by atoms with E-state index in [9.17, 15) is 4.79 Å². The Kier molecular flexibility index (Phi) is 7.55. The van der Waals surface area contributed by atoms with Crippen LogP contribution in [0.25, 0.3) is 11.0 Å². The summed E-state index contributed by atoms with van der Waals surface area (Å²) < 4.78 is 18.9. The zero-order valence-electron chi connectivity index (χ0n) is 20.6. The molecule has 0 aliphatic rings. The second-order valence-electron chi connectivity index (χ2n) is 8.31. The van der Waals surface area contributed by atoms with E-state index in [1.165, 1.54) is 0 Å². The standard InChI is InChI=1S/C28H31N3O4/c1-19-8-7-9-20(2)27(19)35-17-16-31-23-11-6-5-10-22(23)30-26(31)14-15-29-28(32)21-12-13-24(33-3)25(18-21)34-4/h5-13,18H,14-17H2,1-4H3,(H,29,32). The molecule has 0 unspecified atom stereocenters. The molecular formula is C28H31N3O4. The summed E-state index contributed by atoms with van der Waals surface area (Å²) >= 11 is 0. The van der Waals surface area contributed by atoms with Gasteiger partial charge in [0.1, 0.15) is 18.2 Å². The van der Waals surface area contributed by atoms with Crippen LogP contribution in [0.5, 0.6) is 17.2 Å². The van der Waals surface area contributed by atoms with Gasteiger partial charge >= 0.3 is 0 Å². The molecule has 4 aromatic rings. The predicted molar refractivity (Wildman–Crippen MR) is 137 cm³/mol. The van der Waals surface area contributed by atoms with E-state index in [0.717, 1.165) is 33.7 Å². The van der Waals surface area contributed by atoms with Gasteiger partial charge in [-0.1, -0.05) is 30.3 Å². The predicted octanol–water partition coefficient (Wildman–Crippen LogP) is 4.72. The van der Waals surface area contributed by atoms with Crippen LogP contribution in [-0.4, -0.2) is 42.8 Å². The van der Waals surface area contributed by atoms with Gasteiger partial charge in [0.05, 0.1) is 31.8 Å². The fourth-order valence-electron chi connectivity index (χ4n) is 4.20. The van der Waals surface area contributed by atoms with Crippen molar-refractivity contribution in [2.24, 2.45) is 0 Å². The van der Waals surface area contributed by atoms with Crippen LogP contribution in [0.2, 0.25) is 0 Å². The number of ether oxygens (including phenoxy) is 3. The number of hydrogen-bond donors (Lipinski definition) is 1. The van der Waals surface area contributed by atoms with Crippen LogP contribution in [0.1, 0.15) is 27.3 Å². The molecule has 1 N–H and O–H groups in total. The number of carbonyl (C=O) groups is 1. The summed E-state index contributed by atoms with van der Waals surface area (Å²) in [5.74, 6) is 2.77. The molecule has 0 aliphatic heterocycles. The van der Waals surface area contributed by atoms with Gasteiger partial charge in [-0.15, -0.1) is 0 Å². The van der Waals surface area contributed by atoms with E-state index < -0.39 is 0 Å². The molecule has 7 heteroatoms. The summed E-state index contributed by atoms with van der Waals surface area (Å²) in [6, 6.07) is 19.3. The van der Waals surface area contributed by atoms with Gasteiger partial charge < -0.3 is 24.1 Å². The maximum absolute atomic E-state index is 12.7. The molecule has 0 saturated carbocycles. The van der Waals surface area contributed by atoms with E-state index in [0.29, 0.717) is 43.2 Å². The smallest absolute Gasteiger partial charge is 0.251 e. The van der Waals surface area contributed by atoms with Crippen molar-refractivity contribution in [1.82, 2.24) is 14.9 Å². The average molecular weight is 474 g/mol. The highest BCUT2D eigenvalue weighted by molar-refractivity contribution is 5.94. The Labute approximate surface area is 205 Å². The van der Waals surface area contributed by atoms with E-state index in [1.807, 2.05) is 24.3 Å². The van der Waals surface area contributed by atoms with Crippen LogP contribution in [0.15, 0.2) is 60.7 Å². The number of fused-ring (bicyclic) bond motifs is 1. The van der Waals surface area contributed by atoms with Crippen molar-refractivity contribution < 1.29 is 19.0 Å². The molecule has 0 aliphatic carbocycles. The lowest BCUT2D eigenvalue weighted by Gasteiger charge is -2.14. The third kappa shape index (κ3) is 5.40. The summed E-state index contributed by atoms with van der Waals surface area (Å²) in [6.45, 7) is 5.75. The number of aromatic nitrogens is 2. The first kappa shape index (κ1) is 24.1. The average Bonchev–Trinajstić information content (AvgIpc) is 3.22. The zero-order chi connectivity index (χ0) is 24.8. The molecule has 0 bridgehead atoms. The monoisotopic (exact) mass is 473 g/mol. The van der Waals surface area contributed by atoms with Gasteiger partial charge in [0.2, 0.25) is 0 Å². The van der Waals surface area contributed by atoms with Crippen molar-refractivity contribution in [1.29, 1.82) is 0 Å². The third-order valence-corrected chi connectivity index (χ3v) is 5.98. The molecular weight excluding hydrogens is 442 g/mol. The molecule has 1 heterocycles. The number of para-hydroxylation sites is 3. The van der Waals surface area contributed by atoms with Gasteiger partial charge in [0.15, 0.2) is 11.5 Å². The molecule has 0 atom stereocenters. The summed E-state index contributed by atoms with van der Waals surface area (Å²) in [4.78, 5) is 17.5. The first-order valence-electron chi connectivity index (χ1n) is 11.6. The van der Waals surface area contributed by atoms with Crippen LogP contribution in [0.3, 0.4) is 0 Å². The highest BCUT2D eigenvalue weighted by atomic mass is 16.5. The van der Waals surface area contributed by atoms with Gasteiger partial charge in [0.25, 0.3) is 5.91 Å². The zero-order valence-corrected chi connectivity index (χ0v) is 20.6. The molecule has 0 fully saturated rings. The Morgan fingerprint density at radius 1 is 0.943 bits per heavy atom. The molecule has 4 rings (SSSR count). The summed E-state index contributed by atoms with van der Waals surface area (Å²) in [7, 11) is 3.12. The van der Waals surface area contributed by atoms with E-state index in [1.54, 1.807) is 32.4 Å². The van der Waals surface area contributed by atoms with Crippen LogP contribution in [0.4, 0.5) is 0 Å². The number of carbonyl (C=O) groups excluding carboxylic acids is 1. The fourth-order valence-corrected chi connectivity index (χ4v) is 4.20. The third-order valence-electron chi connectivity index (χ3n) is 5.98. The van der Waals surface area contributed by atoms with Crippen LogP contribution >= 0.6 is 0 Å². The molecule has 1 aromatic heterocycles. The van der Waals surface area contributed by atoms with Gasteiger partial charge in [-0.05, 0) is 55.3 Å². The number of amides is 1. The Morgan fingerprint density at radius 2 is 1.69 bits per heavy atom. The Morgan fingerprint density at radius 3 is 2.43 bits per heavy atom. The topological polar surface area (TPSA) is 74.6 Å². The van der Waals surface area contributed by atoms with Gasteiger partial charge in [-0.2, -0.15) is 0 Å². The lowest BCUT2D eigenvalue weighted by molar-refractivity contribution is 0.0953. The Hall–Kier alpha value is -4.00. The molecule has 0 spiro atoms. The molecule has 3 aromatic carbocycles. The normalized spacial score (nSPS) is 10.9. The molecule has 1 amide bonds. The SMILES string of the molecule is COc1ccc(C(=O)NCCc2nc3ccccc3n2CCOc2c(C)cccc2C)cc1OC. The fraction of sp³-hybridized carbons (Fsp3) is 0.286. The van der Waals surface area contributed by atoms with Crippen LogP contribution in [0, 0.1) is 13.8 Å². The number of hydrogen-bond acceptors (Lipinski definition) is 5. The Bertz CT molecular complexity index is 1310. The summed E-state index contributed by atoms with van der Waals surface area (Å²) in [5.41, 5.74) is 4.75. The maximum atomic E-state index is 12.7. The van der Waals surface area contributed by atoms with Crippen molar-refractivity contribution in [3.8, 4) is 17.2 Å². The molecule has 35 heavy (non-hydrogen) atoms.